The molecule has 2 aromatic rings. The number of ether oxygens (including phenoxy) is 1. The van der Waals surface area contributed by atoms with E-state index in [2.05, 4.69) is 0 Å². The zero-order valence-corrected chi connectivity index (χ0v) is 14.9. The summed E-state index contributed by atoms with van der Waals surface area (Å²) in [6.45, 7) is 2.90. The SMILES string of the molecule is Cc1ccccc1OCC(=O)NNS(=O)(=O)c1ccc(C)c([N+](=O)[O-])c1. The van der Waals surface area contributed by atoms with Gasteiger partial charge < -0.3 is 4.74 Å². The summed E-state index contributed by atoms with van der Waals surface area (Å²) < 4.78 is 29.6. The highest BCUT2D eigenvalue weighted by Gasteiger charge is 2.20. The summed E-state index contributed by atoms with van der Waals surface area (Å²) in [5, 5.41) is 10.9. The summed E-state index contributed by atoms with van der Waals surface area (Å²) in [5.74, 6) is -0.224. The van der Waals surface area contributed by atoms with Gasteiger partial charge in [0.2, 0.25) is 0 Å². The lowest BCUT2D eigenvalue weighted by atomic mass is 10.2. The topological polar surface area (TPSA) is 128 Å². The molecule has 0 saturated heterocycles. The van der Waals surface area contributed by atoms with Crippen LogP contribution >= 0.6 is 0 Å². The maximum Gasteiger partial charge on any atom is 0.273 e. The number of sulfonamides is 1. The highest BCUT2D eigenvalue weighted by molar-refractivity contribution is 7.89. The number of rotatable bonds is 7. The van der Waals surface area contributed by atoms with Gasteiger partial charge in [0.05, 0.1) is 9.82 Å². The van der Waals surface area contributed by atoms with Crippen molar-refractivity contribution in [3.8, 4) is 5.75 Å². The summed E-state index contributed by atoms with van der Waals surface area (Å²) in [6.07, 6.45) is 0. The van der Waals surface area contributed by atoms with Crippen molar-refractivity contribution in [1.29, 1.82) is 0 Å². The average molecular weight is 379 g/mol. The third-order valence-corrected chi connectivity index (χ3v) is 4.71. The van der Waals surface area contributed by atoms with Crippen LogP contribution in [0.5, 0.6) is 5.75 Å². The lowest BCUT2D eigenvalue weighted by Gasteiger charge is -2.11. The van der Waals surface area contributed by atoms with Gasteiger partial charge in [-0.05, 0) is 31.5 Å². The number of carbonyl (C=O) groups excluding carboxylic acids is 1. The predicted octanol–water partition coefficient (Wildman–Crippen LogP) is 1.60. The average Bonchev–Trinajstić information content (AvgIpc) is 2.59. The number of hydrogen-bond donors (Lipinski definition) is 2. The first-order chi connectivity index (χ1) is 12.2. The minimum absolute atomic E-state index is 0.324. The lowest BCUT2D eigenvalue weighted by Crippen LogP contribution is -2.43. The first kappa shape index (κ1) is 19.3. The van der Waals surface area contributed by atoms with Crippen LogP contribution in [0.3, 0.4) is 0 Å². The van der Waals surface area contributed by atoms with Crippen LogP contribution < -0.4 is 15.0 Å². The van der Waals surface area contributed by atoms with Crippen molar-refractivity contribution in [2.24, 2.45) is 0 Å². The van der Waals surface area contributed by atoms with Crippen molar-refractivity contribution in [1.82, 2.24) is 10.3 Å². The van der Waals surface area contributed by atoms with Crippen LogP contribution in [0.2, 0.25) is 0 Å². The molecule has 0 aliphatic heterocycles. The minimum atomic E-state index is -4.16. The van der Waals surface area contributed by atoms with Crippen LogP contribution in [0.1, 0.15) is 11.1 Å². The standard InChI is InChI=1S/C16H17N3O6S/c1-11-7-8-13(9-14(11)19(21)22)26(23,24)18-17-16(20)10-25-15-6-4-3-5-12(15)2/h3-9,18H,10H2,1-2H3,(H,17,20). The minimum Gasteiger partial charge on any atom is -0.483 e. The molecule has 138 valence electrons. The van der Waals surface area contributed by atoms with Gasteiger partial charge in [-0.25, -0.2) is 8.42 Å². The number of carbonyl (C=O) groups is 1. The van der Waals surface area contributed by atoms with Crippen molar-refractivity contribution in [2.45, 2.75) is 18.7 Å². The van der Waals surface area contributed by atoms with Gasteiger partial charge in [-0.3, -0.25) is 20.3 Å². The molecule has 0 aromatic heterocycles. The zero-order valence-electron chi connectivity index (χ0n) is 14.1. The molecule has 0 heterocycles. The van der Waals surface area contributed by atoms with Crippen LogP contribution in [0.25, 0.3) is 0 Å². The summed E-state index contributed by atoms with van der Waals surface area (Å²) in [6, 6.07) is 10.5. The molecule has 0 bridgehead atoms. The normalized spacial score (nSPS) is 11.0. The van der Waals surface area contributed by atoms with E-state index in [1.807, 2.05) is 16.3 Å². The predicted molar refractivity (Wildman–Crippen MR) is 93.0 cm³/mol. The molecule has 2 N–H and O–H groups in total. The second kappa shape index (κ2) is 7.93. The van der Waals surface area contributed by atoms with Gasteiger partial charge in [0, 0.05) is 11.6 Å². The van der Waals surface area contributed by atoms with E-state index in [0.29, 0.717) is 11.3 Å². The quantitative estimate of drug-likeness (QED) is 0.555. The van der Waals surface area contributed by atoms with E-state index < -0.39 is 27.5 Å². The Morgan fingerprint density at radius 1 is 1.15 bits per heavy atom. The Hall–Kier alpha value is -2.98. The molecule has 0 unspecified atom stereocenters. The second-order valence-corrected chi connectivity index (χ2v) is 7.10. The first-order valence-electron chi connectivity index (χ1n) is 7.45. The van der Waals surface area contributed by atoms with Crippen molar-refractivity contribution in [3.63, 3.8) is 0 Å². The Morgan fingerprint density at radius 2 is 1.85 bits per heavy atom. The number of benzene rings is 2. The number of nitro benzene ring substituents is 1. The number of nitro groups is 1. The van der Waals surface area contributed by atoms with Crippen molar-refractivity contribution in [2.75, 3.05) is 6.61 Å². The molecule has 9 nitrogen and oxygen atoms in total. The zero-order chi connectivity index (χ0) is 19.3. The van der Waals surface area contributed by atoms with Crippen LogP contribution in [0.15, 0.2) is 47.4 Å². The number of hydrogen-bond acceptors (Lipinski definition) is 6. The van der Waals surface area contributed by atoms with Crippen molar-refractivity contribution in [3.05, 3.63) is 63.7 Å². The van der Waals surface area contributed by atoms with Crippen molar-refractivity contribution >= 4 is 21.6 Å². The summed E-state index contributed by atoms with van der Waals surface area (Å²) in [5.41, 5.74) is 2.82. The lowest BCUT2D eigenvalue weighted by molar-refractivity contribution is -0.385. The Bertz CT molecular complexity index is 943. The van der Waals surface area contributed by atoms with Gasteiger partial charge in [0.15, 0.2) is 6.61 Å². The molecule has 0 aliphatic carbocycles. The third kappa shape index (κ3) is 4.77. The van der Waals surface area contributed by atoms with E-state index >= 15 is 0 Å². The fourth-order valence-corrected chi connectivity index (χ4v) is 2.91. The monoisotopic (exact) mass is 379 g/mol. The fraction of sp³-hybridized carbons (Fsp3) is 0.188. The van der Waals surface area contributed by atoms with Gasteiger partial charge >= 0.3 is 0 Å². The van der Waals surface area contributed by atoms with E-state index in [1.165, 1.54) is 19.1 Å². The molecule has 2 rings (SSSR count). The molecular weight excluding hydrogens is 362 g/mol. The number of nitrogens with one attached hydrogen (secondary N) is 2. The van der Waals surface area contributed by atoms with E-state index in [1.54, 1.807) is 25.1 Å². The number of hydrazine groups is 1. The van der Waals surface area contributed by atoms with Gasteiger partial charge in [-0.1, -0.05) is 24.3 Å². The van der Waals surface area contributed by atoms with E-state index in [0.717, 1.165) is 11.6 Å². The van der Waals surface area contributed by atoms with E-state index in [4.69, 9.17) is 4.74 Å². The van der Waals surface area contributed by atoms with Crippen LogP contribution in [0, 0.1) is 24.0 Å². The van der Waals surface area contributed by atoms with Gasteiger partial charge in [0.25, 0.3) is 21.6 Å². The highest BCUT2D eigenvalue weighted by atomic mass is 32.2. The first-order valence-corrected chi connectivity index (χ1v) is 8.93. The molecule has 26 heavy (non-hydrogen) atoms. The summed E-state index contributed by atoms with van der Waals surface area (Å²) in [7, 11) is -4.16. The molecule has 0 radical (unpaired) electrons. The Kier molecular flexibility index (Phi) is 5.90. The smallest absolute Gasteiger partial charge is 0.273 e. The summed E-state index contributed by atoms with van der Waals surface area (Å²) in [4.78, 5) is 23.5. The highest BCUT2D eigenvalue weighted by Crippen LogP contribution is 2.21. The van der Waals surface area contributed by atoms with E-state index in [-0.39, 0.29) is 10.6 Å². The Labute approximate surface area is 150 Å². The maximum atomic E-state index is 12.2. The molecule has 1 amide bonds. The molecule has 0 spiro atoms. The van der Waals surface area contributed by atoms with Crippen LogP contribution in [-0.4, -0.2) is 25.9 Å². The van der Waals surface area contributed by atoms with Gasteiger partial charge in [0.1, 0.15) is 5.75 Å². The number of nitrogens with zero attached hydrogens (tertiary/aromatic N) is 1. The Balaban J connectivity index is 1.99. The molecule has 0 aliphatic rings. The maximum absolute atomic E-state index is 12.2. The molecule has 2 aromatic carbocycles. The fourth-order valence-electron chi connectivity index (χ4n) is 2.03. The van der Waals surface area contributed by atoms with Gasteiger partial charge in [-0.2, -0.15) is 0 Å². The molecule has 0 fully saturated rings. The van der Waals surface area contributed by atoms with Crippen molar-refractivity contribution < 1.29 is 22.9 Å². The van der Waals surface area contributed by atoms with Crippen LogP contribution in [0.4, 0.5) is 5.69 Å². The van der Waals surface area contributed by atoms with Gasteiger partial charge in [-0.15, -0.1) is 4.83 Å². The van der Waals surface area contributed by atoms with E-state index in [9.17, 15) is 23.3 Å². The molecular formula is C16H17N3O6S. The third-order valence-electron chi connectivity index (χ3n) is 3.46. The molecule has 10 heteroatoms. The molecule has 0 saturated carbocycles. The van der Waals surface area contributed by atoms with Crippen LogP contribution in [-0.2, 0) is 14.8 Å². The summed E-state index contributed by atoms with van der Waals surface area (Å²) >= 11 is 0. The number of aryl methyl sites for hydroxylation is 2. The number of amides is 1. The second-order valence-electron chi connectivity index (χ2n) is 5.41. The Morgan fingerprint density at radius 3 is 2.50 bits per heavy atom. The molecule has 0 atom stereocenters. The number of para-hydroxylation sites is 1. The largest absolute Gasteiger partial charge is 0.483 e.